The van der Waals surface area contributed by atoms with Crippen LogP contribution in [0.1, 0.15) is 19.4 Å². The highest BCUT2D eigenvalue weighted by atomic mass is 31.2. The van der Waals surface area contributed by atoms with Gasteiger partial charge in [0.2, 0.25) is 0 Å². The van der Waals surface area contributed by atoms with Gasteiger partial charge < -0.3 is 23.6 Å². The van der Waals surface area contributed by atoms with Gasteiger partial charge in [0.05, 0.1) is 12.8 Å². The van der Waals surface area contributed by atoms with E-state index in [-0.39, 0.29) is 19.1 Å². The Morgan fingerprint density at radius 2 is 1.52 bits per heavy atom. The SMILES string of the molecule is CCOP(=O)(O)Cc1ccc(Oc2ccc(OC(C)OC)cc2)cc1. The van der Waals surface area contributed by atoms with Gasteiger partial charge in [0.15, 0.2) is 6.29 Å². The van der Waals surface area contributed by atoms with Gasteiger partial charge in [-0.05, 0) is 55.8 Å². The molecule has 0 aliphatic heterocycles. The standard InChI is InChI=1S/C18H23O6P/c1-4-22-25(19,20)13-15-5-7-17(8-6-15)24-18-11-9-16(10-12-18)23-14(2)21-3/h5-12,14H,4,13H2,1-3H3,(H,19,20). The highest BCUT2D eigenvalue weighted by Gasteiger charge is 2.18. The van der Waals surface area contributed by atoms with Crippen molar-refractivity contribution in [3.05, 3.63) is 54.1 Å². The second-order valence-corrected chi connectivity index (χ2v) is 7.20. The Hall–Kier alpha value is -1.85. The number of hydrogen-bond acceptors (Lipinski definition) is 5. The molecule has 0 radical (unpaired) electrons. The fraction of sp³-hybridized carbons (Fsp3) is 0.333. The van der Waals surface area contributed by atoms with Gasteiger partial charge in [-0.25, -0.2) is 0 Å². The second-order valence-electron chi connectivity index (χ2n) is 5.35. The van der Waals surface area contributed by atoms with E-state index >= 15 is 0 Å². The van der Waals surface area contributed by atoms with Crippen LogP contribution in [0.3, 0.4) is 0 Å². The van der Waals surface area contributed by atoms with Crippen LogP contribution in [-0.2, 0) is 20.0 Å². The summed E-state index contributed by atoms with van der Waals surface area (Å²) in [6.07, 6.45) is -0.344. The van der Waals surface area contributed by atoms with E-state index in [2.05, 4.69) is 0 Å². The lowest BCUT2D eigenvalue weighted by molar-refractivity contribution is -0.0383. The molecule has 0 aromatic heterocycles. The third kappa shape index (κ3) is 6.52. The summed E-state index contributed by atoms with van der Waals surface area (Å²) in [6, 6.07) is 14.2. The van der Waals surface area contributed by atoms with Crippen molar-refractivity contribution in [1.29, 1.82) is 0 Å². The number of hydrogen-bond donors (Lipinski definition) is 1. The van der Waals surface area contributed by atoms with E-state index in [4.69, 9.17) is 18.7 Å². The number of ether oxygens (including phenoxy) is 3. The molecule has 0 spiro atoms. The minimum absolute atomic E-state index is 0.0230. The molecule has 136 valence electrons. The predicted molar refractivity (Wildman–Crippen MR) is 95.2 cm³/mol. The van der Waals surface area contributed by atoms with Gasteiger partial charge in [0.1, 0.15) is 17.2 Å². The molecule has 0 saturated heterocycles. The summed E-state index contributed by atoms with van der Waals surface area (Å²) in [5.74, 6) is 1.98. The summed E-state index contributed by atoms with van der Waals surface area (Å²) in [5, 5.41) is 0. The number of benzene rings is 2. The summed E-state index contributed by atoms with van der Waals surface area (Å²) < 4.78 is 32.9. The molecule has 0 fully saturated rings. The van der Waals surface area contributed by atoms with Gasteiger partial charge in [0.25, 0.3) is 0 Å². The maximum Gasteiger partial charge on any atom is 0.332 e. The minimum Gasteiger partial charge on any atom is -0.465 e. The lowest BCUT2D eigenvalue weighted by Crippen LogP contribution is -2.13. The van der Waals surface area contributed by atoms with Crippen molar-refractivity contribution in [1.82, 2.24) is 0 Å². The third-order valence-electron chi connectivity index (χ3n) is 3.33. The van der Waals surface area contributed by atoms with Crippen molar-refractivity contribution in [3.63, 3.8) is 0 Å². The zero-order chi connectivity index (χ0) is 18.3. The molecule has 0 aliphatic carbocycles. The molecule has 0 saturated carbocycles. The van der Waals surface area contributed by atoms with Crippen molar-refractivity contribution < 1.29 is 28.2 Å². The topological polar surface area (TPSA) is 74.2 Å². The monoisotopic (exact) mass is 366 g/mol. The van der Waals surface area contributed by atoms with Crippen LogP contribution in [0.4, 0.5) is 0 Å². The van der Waals surface area contributed by atoms with Crippen LogP contribution < -0.4 is 9.47 Å². The van der Waals surface area contributed by atoms with E-state index in [0.29, 0.717) is 22.8 Å². The Morgan fingerprint density at radius 1 is 1.00 bits per heavy atom. The molecule has 2 atom stereocenters. The Morgan fingerprint density at radius 3 is 2.04 bits per heavy atom. The lowest BCUT2D eigenvalue weighted by atomic mass is 10.2. The number of methoxy groups -OCH3 is 1. The van der Waals surface area contributed by atoms with Crippen molar-refractivity contribution >= 4 is 7.60 Å². The second kappa shape index (κ2) is 9.02. The van der Waals surface area contributed by atoms with E-state index in [9.17, 15) is 9.46 Å². The average Bonchev–Trinajstić information content (AvgIpc) is 2.58. The van der Waals surface area contributed by atoms with E-state index in [0.717, 1.165) is 0 Å². The van der Waals surface area contributed by atoms with Crippen LogP contribution in [-0.4, -0.2) is 24.9 Å². The first-order valence-electron chi connectivity index (χ1n) is 7.94. The summed E-state index contributed by atoms with van der Waals surface area (Å²) in [5.41, 5.74) is 0.712. The van der Waals surface area contributed by atoms with Gasteiger partial charge in [0, 0.05) is 7.11 Å². The zero-order valence-electron chi connectivity index (χ0n) is 14.5. The van der Waals surface area contributed by atoms with Gasteiger partial charge >= 0.3 is 7.60 Å². The molecule has 6 nitrogen and oxygen atoms in total. The highest BCUT2D eigenvalue weighted by Crippen LogP contribution is 2.45. The first-order valence-corrected chi connectivity index (χ1v) is 9.71. The zero-order valence-corrected chi connectivity index (χ0v) is 15.4. The van der Waals surface area contributed by atoms with Gasteiger partial charge in [-0.15, -0.1) is 0 Å². The minimum atomic E-state index is -3.58. The Kier molecular flexibility index (Phi) is 7.02. The van der Waals surface area contributed by atoms with Crippen molar-refractivity contribution in [2.75, 3.05) is 13.7 Å². The molecule has 0 heterocycles. The third-order valence-corrected chi connectivity index (χ3v) is 4.76. The molecule has 1 N–H and O–H groups in total. The molecule has 2 aromatic carbocycles. The summed E-state index contributed by atoms with van der Waals surface area (Å²) in [6.45, 7) is 3.70. The van der Waals surface area contributed by atoms with Crippen LogP contribution in [0.2, 0.25) is 0 Å². The Labute approximate surface area is 147 Å². The van der Waals surface area contributed by atoms with Crippen LogP contribution in [0.25, 0.3) is 0 Å². The maximum atomic E-state index is 11.8. The van der Waals surface area contributed by atoms with Crippen LogP contribution in [0.5, 0.6) is 17.2 Å². The highest BCUT2D eigenvalue weighted by molar-refractivity contribution is 7.51. The molecular weight excluding hydrogens is 343 g/mol. The molecule has 0 aliphatic rings. The lowest BCUT2D eigenvalue weighted by Gasteiger charge is -2.13. The summed E-state index contributed by atoms with van der Waals surface area (Å²) in [4.78, 5) is 9.66. The predicted octanol–water partition coefficient (Wildman–Crippen LogP) is 4.57. The van der Waals surface area contributed by atoms with E-state index in [1.54, 1.807) is 62.6 Å². The molecule has 25 heavy (non-hydrogen) atoms. The fourth-order valence-electron chi connectivity index (χ4n) is 2.10. The quantitative estimate of drug-likeness (QED) is 0.518. The van der Waals surface area contributed by atoms with E-state index in [1.165, 1.54) is 0 Å². The first-order chi connectivity index (χ1) is 11.9. The molecule has 0 bridgehead atoms. The van der Waals surface area contributed by atoms with Crippen molar-refractivity contribution in [3.8, 4) is 17.2 Å². The summed E-state index contributed by atoms with van der Waals surface area (Å²) in [7, 11) is -2.00. The van der Waals surface area contributed by atoms with Gasteiger partial charge in [-0.3, -0.25) is 4.57 Å². The molecule has 2 rings (SSSR count). The smallest absolute Gasteiger partial charge is 0.332 e. The van der Waals surface area contributed by atoms with Crippen LogP contribution >= 0.6 is 7.60 Å². The normalized spacial score (nSPS) is 14.6. The summed E-state index contributed by atoms with van der Waals surface area (Å²) >= 11 is 0. The van der Waals surface area contributed by atoms with Crippen molar-refractivity contribution in [2.24, 2.45) is 0 Å². The fourth-order valence-corrected chi connectivity index (χ4v) is 3.27. The maximum absolute atomic E-state index is 11.8. The Balaban J connectivity index is 1.96. The van der Waals surface area contributed by atoms with E-state index in [1.807, 2.05) is 6.92 Å². The van der Waals surface area contributed by atoms with Crippen LogP contribution in [0, 0.1) is 0 Å². The molecule has 2 aromatic rings. The van der Waals surface area contributed by atoms with Crippen molar-refractivity contribution in [2.45, 2.75) is 26.3 Å². The largest absolute Gasteiger partial charge is 0.465 e. The van der Waals surface area contributed by atoms with Gasteiger partial charge in [-0.2, -0.15) is 0 Å². The Bertz CT molecular complexity index is 699. The molecular formula is C18H23O6P. The first kappa shape index (κ1) is 19.5. The van der Waals surface area contributed by atoms with Gasteiger partial charge in [-0.1, -0.05) is 12.1 Å². The molecule has 2 unspecified atom stereocenters. The number of rotatable bonds is 9. The van der Waals surface area contributed by atoms with Crippen LogP contribution in [0.15, 0.2) is 48.5 Å². The molecule has 7 heteroatoms. The molecule has 0 amide bonds. The average molecular weight is 366 g/mol. The van der Waals surface area contributed by atoms with E-state index < -0.39 is 7.60 Å².